The lowest BCUT2D eigenvalue weighted by atomic mass is 10.2. The zero-order valence-electron chi connectivity index (χ0n) is 12.3. The topological polar surface area (TPSA) is 67.4 Å². The molecule has 6 nitrogen and oxygen atoms in total. The van der Waals surface area contributed by atoms with Gasteiger partial charge in [-0.3, -0.25) is 4.79 Å². The van der Waals surface area contributed by atoms with E-state index in [0.29, 0.717) is 24.1 Å². The zero-order chi connectivity index (χ0) is 14.4. The van der Waals surface area contributed by atoms with Crippen molar-refractivity contribution in [3.05, 3.63) is 0 Å². The van der Waals surface area contributed by atoms with Gasteiger partial charge in [0.1, 0.15) is 5.60 Å². The van der Waals surface area contributed by atoms with Crippen molar-refractivity contribution in [2.24, 2.45) is 0 Å². The lowest BCUT2D eigenvalue weighted by Crippen LogP contribution is -2.46. The molecule has 0 aromatic carbocycles. The molecule has 0 saturated carbocycles. The van der Waals surface area contributed by atoms with Crippen LogP contribution in [-0.4, -0.2) is 62.9 Å². The van der Waals surface area contributed by atoms with Crippen molar-refractivity contribution >= 4 is 12.0 Å². The summed E-state index contributed by atoms with van der Waals surface area (Å²) in [7, 11) is 5.83. The molecule has 0 rings (SSSR count). The second-order valence-corrected chi connectivity index (χ2v) is 6.23. The Morgan fingerprint density at radius 2 is 1.56 bits per heavy atom. The molecule has 2 N–H and O–H groups in total. The molecule has 106 valence electrons. The van der Waals surface area contributed by atoms with Gasteiger partial charge in [-0.1, -0.05) is 0 Å². The van der Waals surface area contributed by atoms with Crippen LogP contribution < -0.4 is 10.6 Å². The largest absolute Gasteiger partial charge is 0.444 e. The third-order valence-electron chi connectivity index (χ3n) is 1.73. The summed E-state index contributed by atoms with van der Waals surface area (Å²) in [5, 5.41) is 5.31. The van der Waals surface area contributed by atoms with E-state index >= 15 is 0 Å². The number of quaternary nitrogens is 1. The van der Waals surface area contributed by atoms with E-state index < -0.39 is 11.7 Å². The number of rotatable bonds is 5. The summed E-state index contributed by atoms with van der Waals surface area (Å²) in [5.74, 6) is -0.0338. The standard InChI is InChI=1S/C12H25N3O3/c1-12(2,3)18-11(17)14-8-7-13-10(16)9-15(4,5)6/h7-9H2,1-6H3,(H-,13,14,16,17)/p+1. The zero-order valence-corrected chi connectivity index (χ0v) is 12.3. The molecular formula is C12H26N3O3+. The maximum atomic E-state index is 11.5. The summed E-state index contributed by atoms with van der Waals surface area (Å²) in [6, 6.07) is 0. The second kappa shape index (κ2) is 6.58. The van der Waals surface area contributed by atoms with Gasteiger partial charge in [-0.05, 0) is 20.8 Å². The average molecular weight is 260 g/mol. The first kappa shape index (κ1) is 16.7. The minimum atomic E-state index is -0.503. The number of amides is 2. The number of hydrogen-bond donors (Lipinski definition) is 2. The number of ether oxygens (including phenoxy) is 1. The van der Waals surface area contributed by atoms with E-state index in [1.807, 2.05) is 21.1 Å². The van der Waals surface area contributed by atoms with Crippen LogP contribution in [0.25, 0.3) is 0 Å². The van der Waals surface area contributed by atoms with E-state index in [1.54, 1.807) is 20.8 Å². The molecule has 0 aromatic rings. The first-order chi connectivity index (χ1) is 7.99. The Labute approximate surface area is 109 Å². The van der Waals surface area contributed by atoms with Gasteiger partial charge in [-0.15, -0.1) is 0 Å². The molecule has 0 atom stereocenters. The normalized spacial score (nSPS) is 11.9. The fourth-order valence-corrected chi connectivity index (χ4v) is 1.17. The van der Waals surface area contributed by atoms with Crippen LogP contribution in [-0.2, 0) is 9.53 Å². The van der Waals surface area contributed by atoms with Crippen LogP contribution in [0.4, 0.5) is 4.79 Å². The summed E-state index contributed by atoms with van der Waals surface area (Å²) >= 11 is 0. The third kappa shape index (κ3) is 11.2. The van der Waals surface area contributed by atoms with Crippen LogP contribution in [0.1, 0.15) is 20.8 Å². The predicted molar refractivity (Wildman–Crippen MR) is 70.1 cm³/mol. The minimum absolute atomic E-state index is 0.0338. The van der Waals surface area contributed by atoms with E-state index in [9.17, 15) is 9.59 Å². The lowest BCUT2D eigenvalue weighted by molar-refractivity contribution is -0.862. The molecule has 0 saturated heterocycles. The molecule has 0 aliphatic carbocycles. The van der Waals surface area contributed by atoms with Gasteiger partial charge >= 0.3 is 6.09 Å². The summed E-state index contributed by atoms with van der Waals surface area (Å²) in [5.41, 5.74) is -0.503. The Balaban J connectivity index is 3.69. The highest BCUT2D eigenvalue weighted by molar-refractivity contribution is 5.77. The molecule has 0 bridgehead atoms. The van der Waals surface area contributed by atoms with Crippen molar-refractivity contribution in [1.29, 1.82) is 0 Å². The number of alkyl carbamates (subject to hydrolysis) is 1. The smallest absolute Gasteiger partial charge is 0.407 e. The Bertz CT molecular complexity index is 260. The fourth-order valence-electron chi connectivity index (χ4n) is 1.17. The van der Waals surface area contributed by atoms with Crippen LogP contribution in [0.5, 0.6) is 0 Å². The van der Waals surface area contributed by atoms with Crippen LogP contribution in [0, 0.1) is 0 Å². The predicted octanol–water partition coefficient (Wildman–Crippen LogP) is 0.334. The van der Waals surface area contributed by atoms with Crippen molar-refractivity contribution in [2.45, 2.75) is 26.4 Å². The molecular weight excluding hydrogens is 234 g/mol. The summed E-state index contributed by atoms with van der Waals surface area (Å²) in [6.07, 6.45) is -0.469. The average Bonchev–Trinajstić information content (AvgIpc) is 2.06. The van der Waals surface area contributed by atoms with Gasteiger partial charge in [0.2, 0.25) is 0 Å². The summed E-state index contributed by atoms with van der Waals surface area (Å²) in [6.45, 7) is 6.57. The van der Waals surface area contributed by atoms with Crippen LogP contribution in [0.3, 0.4) is 0 Å². The van der Waals surface area contributed by atoms with Crippen molar-refractivity contribution in [3.63, 3.8) is 0 Å². The maximum Gasteiger partial charge on any atom is 0.407 e. The highest BCUT2D eigenvalue weighted by Gasteiger charge is 2.16. The van der Waals surface area contributed by atoms with Gasteiger partial charge in [0.25, 0.3) is 5.91 Å². The van der Waals surface area contributed by atoms with Gasteiger partial charge in [-0.2, -0.15) is 0 Å². The Morgan fingerprint density at radius 1 is 1.06 bits per heavy atom. The fraction of sp³-hybridized carbons (Fsp3) is 0.833. The van der Waals surface area contributed by atoms with Crippen molar-refractivity contribution in [1.82, 2.24) is 10.6 Å². The summed E-state index contributed by atoms with van der Waals surface area (Å²) < 4.78 is 5.63. The number of nitrogens with zero attached hydrogens (tertiary/aromatic N) is 1. The van der Waals surface area contributed by atoms with Crippen LogP contribution in [0.2, 0.25) is 0 Å². The monoisotopic (exact) mass is 260 g/mol. The molecule has 0 aromatic heterocycles. The molecule has 0 aliphatic heterocycles. The van der Waals surface area contributed by atoms with Gasteiger partial charge < -0.3 is 19.9 Å². The molecule has 0 heterocycles. The minimum Gasteiger partial charge on any atom is -0.444 e. The number of carbonyl (C=O) groups is 2. The quantitative estimate of drug-likeness (QED) is 0.553. The lowest BCUT2D eigenvalue weighted by Gasteiger charge is -2.23. The van der Waals surface area contributed by atoms with Crippen molar-refractivity contribution < 1.29 is 18.8 Å². The van der Waals surface area contributed by atoms with Gasteiger partial charge in [0.15, 0.2) is 6.54 Å². The van der Waals surface area contributed by atoms with Gasteiger partial charge in [0, 0.05) is 13.1 Å². The first-order valence-electron chi connectivity index (χ1n) is 6.04. The molecule has 18 heavy (non-hydrogen) atoms. The molecule has 0 fully saturated rings. The molecule has 0 aliphatic rings. The molecule has 0 spiro atoms. The number of hydrogen-bond acceptors (Lipinski definition) is 3. The number of carbonyl (C=O) groups excluding carboxylic acids is 2. The summed E-state index contributed by atoms with van der Waals surface area (Å²) in [4.78, 5) is 22.7. The van der Waals surface area contributed by atoms with Crippen molar-refractivity contribution in [3.8, 4) is 0 Å². The van der Waals surface area contributed by atoms with Crippen molar-refractivity contribution in [2.75, 3.05) is 40.8 Å². The SMILES string of the molecule is CC(C)(C)OC(=O)NCCNC(=O)C[N+](C)(C)C. The molecule has 0 unspecified atom stereocenters. The van der Waals surface area contributed by atoms with Crippen LogP contribution >= 0.6 is 0 Å². The van der Waals surface area contributed by atoms with E-state index in [4.69, 9.17) is 4.74 Å². The van der Waals surface area contributed by atoms with E-state index in [1.165, 1.54) is 0 Å². The van der Waals surface area contributed by atoms with Crippen LogP contribution in [0.15, 0.2) is 0 Å². The van der Waals surface area contributed by atoms with E-state index in [2.05, 4.69) is 10.6 Å². The molecule has 0 radical (unpaired) electrons. The third-order valence-corrected chi connectivity index (χ3v) is 1.73. The number of nitrogens with one attached hydrogen (secondary N) is 2. The van der Waals surface area contributed by atoms with Gasteiger partial charge in [-0.25, -0.2) is 4.79 Å². The molecule has 2 amide bonds. The van der Waals surface area contributed by atoms with Gasteiger partial charge in [0.05, 0.1) is 21.1 Å². The first-order valence-corrected chi connectivity index (χ1v) is 6.04. The maximum absolute atomic E-state index is 11.5. The van der Waals surface area contributed by atoms with E-state index in [-0.39, 0.29) is 5.91 Å². The number of likely N-dealkylation sites (N-methyl/N-ethyl adjacent to an activating group) is 1. The highest BCUT2D eigenvalue weighted by atomic mass is 16.6. The van der Waals surface area contributed by atoms with E-state index in [0.717, 1.165) is 0 Å². The Hall–Kier alpha value is -1.30. The Morgan fingerprint density at radius 3 is 2.00 bits per heavy atom. The highest BCUT2D eigenvalue weighted by Crippen LogP contribution is 2.05. The molecule has 6 heteroatoms. The Kier molecular flexibility index (Phi) is 6.11. The second-order valence-electron chi connectivity index (χ2n) is 6.23.